The molecule has 100 valence electrons. The number of ether oxygens (including phenoxy) is 1. The van der Waals surface area contributed by atoms with Crippen molar-refractivity contribution in [2.24, 2.45) is 0 Å². The first-order valence-electron chi connectivity index (χ1n) is 5.41. The molecule has 0 amide bonds. The zero-order chi connectivity index (χ0) is 13.7. The number of nitrogens with one attached hydrogen (secondary N) is 1. The number of esters is 1. The maximum Gasteiger partial charge on any atom is 0.345 e. The molecule has 0 spiro atoms. The van der Waals surface area contributed by atoms with Gasteiger partial charge in [0.25, 0.3) is 0 Å². The summed E-state index contributed by atoms with van der Waals surface area (Å²) < 4.78 is 5.64. The van der Waals surface area contributed by atoms with E-state index in [1.807, 2.05) is 6.92 Å². The van der Waals surface area contributed by atoms with Crippen LogP contribution in [0.3, 0.4) is 0 Å². The van der Waals surface area contributed by atoms with Gasteiger partial charge in [0, 0.05) is 6.54 Å². The topological polar surface area (TPSA) is 119 Å². The lowest BCUT2D eigenvalue weighted by Gasteiger charge is -2.03. The average Bonchev–Trinajstić information content (AvgIpc) is 2.62. The van der Waals surface area contributed by atoms with Crippen molar-refractivity contribution in [1.29, 1.82) is 0 Å². The van der Waals surface area contributed by atoms with E-state index >= 15 is 0 Å². The number of nitrogens with zero attached hydrogens (tertiary/aromatic N) is 2. The predicted octanol–water partition coefficient (Wildman–Crippen LogP) is 0.158. The van der Waals surface area contributed by atoms with E-state index in [4.69, 9.17) is 10.8 Å². The summed E-state index contributed by atoms with van der Waals surface area (Å²) in [5, 5.41) is 15.6. The van der Waals surface area contributed by atoms with Gasteiger partial charge < -0.3 is 20.9 Å². The van der Waals surface area contributed by atoms with E-state index in [0.29, 0.717) is 6.54 Å². The molecule has 0 unspecified atom stereocenters. The van der Waals surface area contributed by atoms with Crippen molar-refractivity contribution >= 4 is 23.6 Å². The molecule has 0 saturated heterocycles. The molecule has 8 heteroatoms. The van der Waals surface area contributed by atoms with Gasteiger partial charge in [-0.05, 0) is 6.42 Å². The highest BCUT2D eigenvalue weighted by Crippen LogP contribution is 2.22. The van der Waals surface area contributed by atoms with Gasteiger partial charge in [-0.15, -0.1) is 0 Å². The Morgan fingerprint density at radius 1 is 1.56 bits per heavy atom. The number of aliphatic carboxylic acids is 1. The molecule has 0 fully saturated rings. The fourth-order valence-electron chi connectivity index (χ4n) is 1.39. The molecule has 0 aliphatic heterocycles. The van der Waals surface area contributed by atoms with Crippen molar-refractivity contribution < 1.29 is 19.4 Å². The summed E-state index contributed by atoms with van der Waals surface area (Å²) in [5.74, 6) is -1.53. The van der Waals surface area contributed by atoms with Crippen LogP contribution in [-0.2, 0) is 16.1 Å². The lowest BCUT2D eigenvalue weighted by Crippen LogP contribution is -2.13. The second kappa shape index (κ2) is 5.89. The maximum atomic E-state index is 11.6. The van der Waals surface area contributed by atoms with Crippen LogP contribution in [0.2, 0.25) is 0 Å². The molecular weight excluding hydrogens is 240 g/mol. The molecule has 18 heavy (non-hydrogen) atoms. The molecule has 4 N–H and O–H groups in total. The number of carbonyl (C=O) groups is 2. The lowest BCUT2D eigenvalue weighted by atomic mass is 10.3. The van der Waals surface area contributed by atoms with Crippen LogP contribution < -0.4 is 11.1 Å². The second-order valence-corrected chi connectivity index (χ2v) is 3.58. The number of anilines is 2. The molecule has 0 bridgehead atoms. The standard InChI is InChI=1S/C10H16N4O4/c1-3-4-12-9-7(10(17)18-2)8(11)14(13-9)5-6(15)16/h3-5,11H2,1-2H3,(H,12,13)(H,15,16). The van der Waals surface area contributed by atoms with Crippen LogP contribution in [-0.4, -0.2) is 40.5 Å². The van der Waals surface area contributed by atoms with Crippen LogP contribution in [0, 0.1) is 0 Å². The normalized spacial score (nSPS) is 10.1. The molecule has 0 aliphatic carbocycles. The second-order valence-electron chi connectivity index (χ2n) is 3.58. The summed E-state index contributed by atoms with van der Waals surface area (Å²) in [6.07, 6.45) is 0.826. The number of methoxy groups -OCH3 is 1. The van der Waals surface area contributed by atoms with E-state index in [2.05, 4.69) is 15.2 Å². The maximum absolute atomic E-state index is 11.6. The van der Waals surface area contributed by atoms with Gasteiger partial charge in [0.2, 0.25) is 0 Å². The Balaban J connectivity index is 3.13. The highest BCUT2D eigenvalue weighted by Gasteiger charge is 2.23. The third kappa shape index (κ3) is 2.90. The number of hydrogen-bond donors (Lipinski definition) is 3. The van der Waals surface area contributed by atoms with Gasteiger partial charge in [0.1, 0.15) is 17.9 Å². The minimum atomic E-state index is -1.09. The molecule has 1 aromatic heterocycles. The Hall–Kier alpha value is -2.25. The molecular formula is C10H16N4O4. The fraction of sp³-hybridized carbons (Fsp3) is 0.500. The number of hydrogen-bond acceptors (Lipinski definition) is 6. The van der Waals surface area contributed by atoms with E-state index in [0.717, 1.165) is 11.1 Å². The zero-order valence-electron chi connectivity index (χ0n) is 10.3. The van der Waals surface area contributed by atoms with Crippen LogP contribution in [0.1, 0.15) is 23.7 Å². The highest BCUT2D eigenvalue weighted by atomic mass is 16.5. The number of carbonyl (C=O) groups excluding carboxylic acids is 1. The van der Waals surface area contributed by atoms with E-state index < -0.39 is 18.5 Å². The van der Waals surface area contributed by atoms with Gasteiger partial charge in [-0.1, -0.05) is 6.92 Å². The first kappa shape index (κ1) is 13.8. The number of nitrogens with two attached hydrogens (primary N) is 1. The van der Waals surface area contributed by atoms with Crippen molar-refractivity contribution in [3.05, 3.63) is 5.56 Å². The fourth-order valence-corrected chi connectivity index (χ4v) is 1.39. The molecule has 0 radical (unpaired) electrons. The van der Waals surface area contributed by atoms with Crippen molar-refractivity contribution in [2.75, 3.05) is 24.7 Å². The average molecular weight is 256 g/mol. The molecule has 0 aliphatic rings. The van der Waals surface area contributed by atoms with E-state index in [1.165, 1.54) is 7.11 Å². The Bertz CT molecular complexity index is 455. The van der Waals surface area contributed by atoms with E-state index in [-0.39, 0.29) is 17.2 Å². The first-order valence-corrected chi connectivity index (χ1v) is 5.41. The minimum Gasteiger partial charge on any atom is -0.480 e. The minimum absolute atomic E-state index is 0.0251. The third-order valence-electron chi connectivity index (χ3n) is 2.21. The van der Waals surface area contributed by atoms with Gasteiger partial charge in [0.15, 0.2) is 5.82 Å². The largest absolute Gasteiger partial charge is 0.480 e. The molecule has 8 nitrogen and oxygen atoms in total. The summed E-state index contributed by atoms with van der Waals surface area (Å²) >= 11 is 0. The van der Waals surface area contributed by atoms with Gasteiger partial charge in [-0.3, -0.25) is 4.79 Å². The summed E-state index contributed by atoms with van der Waals surface area (Å²) in [7, 11) is 1.22. The van der Waals surface area contributed by atoms with Crippen molar-refractivity contribution in [1.82, 2.24) is 9.78 Å². The lowest BCUT2D eigenvalue weighted by molar-refractivity contribution is -0.137. The molecule has 0 saturated carbocycles. The Labute approximate surface area is 104 Å². The number of carboxylic acid groups (broad SMARTS) is 1. The van der Waals surface area contributed by atoms with Crippen LogP contribution >= 0.6 is 0 Å². The monoisotopic (exact) mass is 256 g/mol. The molecule has 1 rings (SSSR count). The Morgan fingerprint density at radius 3 is 2.72 bits per heavy atom. The van der Waals surface area contributed by atoms with E-state index in [9.17, 15) is 9.59 Å². The van der Waals surface area contributed by atoms with Crippen molar-refractivity contribution in [3.63, 3.8) is 0 Å². The quantitative estimate of drug-likeness (QED) is 0.620. The summed E-state index contributed by atoms with van der Waals surface area (Å²) in [6.45, 7) is 2.12. The molecule has 0 atom stereocenters. The molecule has 0 aromatic carbocycles. The number of rotatable bonds is 6. The summed E-state index contributed by atoms with van der Waals surface area (Å²) in [4.78, 5) is 22.2. The number of nitrogen functional groups attached to an aromatic ring is 1. The molecule has 1 heterocycles. The smallest absolute Gasteiger partial charge is 0.345 e. The van der Waals surface area contributed by atoms with Crippen molar-refractivity contribution in [3.8, 4) is 0 Å². The summed E-state index contributed by atoms with van der Waals surface area (Å²) in [5.41, 5.74) is 5.76. The van der Waals surface area contributed by atoms with Crippen LogP contribution in [0.5, 0.6) is 0 Å². The van der Waals surface area contributed by atoms with Crippen LogP contribution in [0.4, 0.5) is 11.6 Å². The zero-order valence-corrected chi connectivity index (χ0v) is 10.3. The Morgan fingerprint density at radius 2 is 2.22 bits per heavy atom. The van der Waals surface area contributed by atoms with E-state index in [1.54, 1.807) is 0 Å². The van der Waals surface area contributed by atoms with Crippen LogP contribution in [0.15, 0.2) is 0 Å². The van der Waals surface area contributed by atoms with Crippen LogP contribution in [0.25, 0.3) is 0 Å². The number of carboxylic acids is 1. The SMILES string of the molecule is CCCNc1nn(CC(=O)O)c(N)c1C(=O)OC. The van der Waals surface area contributed by atoms with Gasteiger partial charge in [-0.25, -0.2) is 9.48 Å². The summed E-state index contributed by atoms with van der Waals surface area (Å²) in [6, 6.07) is 0. The van der Waals surface area contributed by atoms with Gasteiger partial charge >= 0.3 is 11.9 Å². The number of aromatic nitrogens is 2. The first-order chi connectivity index (χ1) is 8.51. The van der Waals surface area contributed by atoms with Gasteiger partial charge in [0.05, 0.1) is 7.11 Å². The van der Waals surface area contributed by atoms with Gasteiger partial charge in [-0.2, -0.15) is 5.10 Å². The molecule has 1 aromatic rings. The Kier molecular flexibility index (Phi) is 4.52. The third-order valence-corrected chi connectivity index (χ3v) is 2.21. The highest BCUT2D eigenvalue weighted by molar-refractivity contribution is 5.99. The van der Waals surface area contributed by atoms with Crippen molar-refractivity contribution in [2.45, 2.75) is 19.9 Å². The predicted molar refractivity (Wildman–Crippen MR) is 64.4 cm³/mol.